The minimum Gasteiger partial charge on any atom is -0.318 e. The van der Waals surface area contributed by atoms with Gasteiger partial charge >= 0.3 is 5.69 Å². The van der Waals surface area contributed by atoms with Crippen molar-refractivity contribution in [3.05, 3.63) is 87.1 Å². The number of hydrogen-bond acceptors (Lipinski definition) is 6. The van der Waals surface area contributed by atoms with Gasteiger partial charge in [-0.05, 0) is 33.5 Å². The highest BCUT2D eigenvalue weighted by atomic mass is 16.2. The van der Waals surface area contributed by atoms with Gasteiger partial charge in [-0.25, -0.2) is 9.78 Å². The Morgan fingerprint density at radius 1 is 1.00 bits per heavy atom. The molecule has 0 bridgehead atoms. The van der Waals surface area contributed by atoms with Gasteiger partial charge in [0.05, 0.1) is 5.69 Å². The Hall–Kier alpha value is -4.34. The third kappa shape index (κ3) is 4.18. The van der Waals surface area contributed by atoms with Crippen molar-refractivity contribution in [3.8, 4) is 16.8 Å². The van der Waals surface area contributed by atoms with Crippen LogP contribution in [0.5, 0.6) is 0 Å². The van der Waals surface area contributed by atoms with Gasteiger partial charge in [0.2, 0.25) is 0 Å². The standard InChI is InChI=1S/C25H26N8O2/c1-4-21-27-23-22(24(34)28-25(35)32(23)13-16(2)3)31(21)14-17-9-11-18(12-10-17)19-7-5-6-8-20(19)33-15-26-29-30-33/h5-12,15-16H,4,13-14H2,1-3H3,(H,28,34,35). The molecule has 0 aliphatic heterocycles. The molecule has 0 aliphatic rings. The molecule has 5 rings (SSSR count). The van der Waals surface area contributed by atoms with Crippen LogP contribution in [0.1, 0.15) is 32.2 Å². The van der Waals surface area contributed by atoms with Gasteiger partial charge in [0, 0.05) is 25.1 Å². The zero-order chi connectivity index (χ0) is 24.5. The molecule has 3 heterocycles. The highest BCUT2D eigenvalue weighted by Crippen LogP contribution is 2.27. The number of nitrogens with zero attached hydrogens (tertiary/aromatic N) is 7. The highest BCUT2D eigenvalue weighted by Gasteiger charge is 2.18. The molecule has 0 aliphatic carbocycles. The smallest absolute Gasteiger partial charge is 0.318 e. The maximum Gasteiger partial charge on any atom is 0.330 e. The lowest BCUT2D eigenvalue weighted by Crippen LogP contribution is -2.32. The SMILES string of the molecule is CCc1nc2c(c(=O)[nH]c(=O)n2CC(C)C)n1Cc1ccc(-c2ccccc2-n2cnnn2)cc1. The Labute approximate surface area is 200 Å². The maximum atomic E-state index is 12.8. The molecule has 5 aromatic rings. The highest BCUT2D eigenvalue weighted by molar-refractivity contribution is 5.73. The van der Waals surface area contributed by atoms with E-state index in [0.29, 0.717) is 30.7 Å². The Bertz CT molecular complexity index is 1590. The summed E-state index contributed by atoms with van der Waals surface area (Å²) >= 11 is 0. The van der Waals surface area contributed by atoms with Crippen LogP contribution in [-0.4, -0.2) is 39.3 Å². The van der Waals surface area contributed by atoms with Gasteiger partial charge in [0.15, 0.2) is 11.2 Å². The number of fused-ring (bicyclic) bond motifs is 1. The number of H-pyrrole nitrogens is 1. The molecule has 0 atom stereocenters. The molecule has 0 amide bonds. The number of hydrogen-bond donors (Lipinski definition) is 1. The van der Waals surface area contributed by atoms with Gasteiger partial charge in [-0.15, -0.1) is 5.10 Å². The normalized spacial score (nSPS) is 11.5. The average Bonchev–Trinajstić information content (AvgIpc) is 3.51. The van der Waals surface area contributed by atoms with Crippen molar-refractivity contribution in [1.29, 1.82) is 0 Å². The van der Waals surface area contributed by atoms with E-state index in [1.807, 2.05) is 73.9 Å². The van der Waals surface area contributed by atoms with E-state index in [1.165, 1.54) is 0 Å². The van der Waals surface area contributed by atoms with E-state index in [1.54, 1.807) is 15.6 Å². The number of rotatable bonds is 7. The maximum absolute atomic E-state index is 12.8. The fourth-order valence-corrected chi connectivity index (χ4v) is 4.35. The fraction of sp³-hybridized carbons (Fsp3) is 0.280. The lowest BCUT2D eigenvalue weighted by Gasteiger charge is -2.12. The Balaban J connectivity index is 1.54. The van der Waals surface area contributed by atoms with Crippen LogP contribution in [0.4, 0.5) is 0 Å². The molecule has 10 heteroatoms. The molecule has 0 fully saturated rings. The molecule has 0 saturated carbocycles. The summed E-state index contributed by atoms with van der Waals surface area (Å²) in [7, 11) is 0. The van der Waals surface area contributed by atoms with Gasteiger partial charge in [-0.2, -0.15) is 4.68 Å². The van der Waals surface area contributed by atoms with Crippen molar-refractivity contribution >= 4 is 11.2 Å². The summed E-state index contributed by atoms with van der Waals surface area (Å²) in [6.45, 7) is 7.01. The van der Waals surface area contributed by atoms with E-state index in [4.69, 9.17) is 4.98 Å². The summed E-state index contributed by atoms with van der Waals surface area (Å²) in [6.07, 6.45) is 2.21. The average molecular weight is 471 g/mol. The summed E-state index contributed by atoms with van der Waals surface area (Å²) in [6, 6.07) is 16.1. The van der Waals surface area contributed by atoms with Gasteiger partial charge < -0.3 is 4.57 Å². The quantitative estimate of drug-likeness (QED) is 0.391. The minimum absolute atomic E-state index is 0.237. The van der Waals surface area contributed by atoms with Gasteiger partial charge in [-0.3, -0.25) is 14.3 Å². The second-order valence-electron chi connectivity index (χ2n) is 8.87. The summed E-state index contributed by atoms with van der Waals surface area (Å²) in [5, 5.41) is 11.5. The molecule has 1 N–H and O–H groups in total. The second kappa shape index (κ2) is 9.13. The largest absolute Gasteiger partial charge is 0.330 e. The van der Waals surface area contributed by atoms with Crippen molar-refractivity contribution < 1.29 is 0 Å². The summed E-state index contributed by atoms with van der Waals surface area (Å²) in [4.78, 5) is 32.5. The second-order valence-corrected chi connectivity index (χ2v) is 8.87. The van der Waals surface area contributed by atoms with Gasteiger partial charge in [-0.1, -0.05) is 63.2 Å². The van der Waals surface area contributed by atoms with Crippen LogP contribution in [0.15, 0.2) is 64.4 Å². The Kier molecular flexibility index (Phi) is 5.86. The first-order chi connectivity index (χ1) is 17.0. The van der Waals surface area contributed by atoms with Crippen molar-refractivity contribution in [1.82, 2.24) is 39.3 Å². The first-order valence-electron chi connectivity index (χ1n) is 11.6. The number of imidazole rings is 1. The minimum atomic E-state index is -0.422. The summed E-state index contributed by atoms with van der Waals surface area (Å²) < 4.78 is 5.11. The zero-order valence-corrected chi connectivity index (χ0v) is 19.8. The number of nitrogens with one attached hydrogen (secondary N) is 1. The van der Waals surface area contributed by atoms with Gasteiger partial charge in [0.1, 0.15) is 12.2 Å². The Morgan fingerprint density at radius 3 is 2.46 bits per heavy atom. The molecular formula is C25H26N8O2. The van der Waals surface area contributed by atoms with Gasteiger partial charge in [0.25, 0.3) is 5.56 Å². The summed E-state index contributed by atoms with van der Waals surface area (Å²) in [5.41, 5.74) is 3.96. The van der Waals surface area contributed by atoms with E-state index >= 15 is 0 Å². The molecule has 0 spiro atoms. The topological polar surface area (TPSA) is 116 Å². The number of para-hydroxylation sites is 1. The van der Waals surface area contributed by atoms with Crippen LogP contribution >= 0.6 is 0 Å². The number of aryl methyl sites for hydroxylation is 1. The fourth-order valence-electron chi connectivity index (χ4n) is 4.35. The molecule has 10 nitrogen and oxygen atoms in total. The van der Waals surface area contributed by atoms with Crippen LogP contribution in [-0.2, 0) is 19.5 Å². The van der Waals surface area contributed by atoms with Crippen molar-refractivity contribution in [2.45, 2.75) is 40.3 Å². The predicted octanol–water partition coefficient (Wildman–Crippen LogP) is 2.80. The molecule has 35 heavy (non-hydrogen) atoms. The monoisotopic (exact) mass is 470 g/mol. The van der Waals surface area contributed by atoms with E-state index in [-0.39, 0.29) is 5.92 Å². The van der Waals surface area contributed by atoms with Crippen LogP contribution in [0.3, 0.4) is 0 Å². The third-order valence-electron chi connectivity index (χ3n) is 5.93. The van der Waals surface area contributed by atoms with E-state index in [0.717, 1.165) is 28.2 Å². The number of tetrazole rings is 1. The first-order valence-corrected chi connectivity index (χ1v) is 11.6. The van der Waals surface area contributed by atoms with E-state index < -0.39 is 11.2 Å². The molecular weight excluding hydrogens is 444 g/mol. The molecule has 0 unspecified atom stereocenters. The molecule has 3 aromatic heterocycles. The molecule has 0 radical (unpaired) electrons. The van der Waals surface area contributed by atoms with Crippen LogP contribution in [0.2, 0.25) is 0 Å². The van der Waals surface area contributed by atoms with Crippen molar-refractivity contribution in [2.24, 2.45) is 5.92 Å². The van der Waals surface area contributed by atoms with Crippen molar-refractivity contribution in [2.75, 3.05) is 0 Å². The zero-order valence-electron chi connectivity index (χ0n) is 19.8. The molecule has 0 saturated heterocycles. The van der Waals surface area contributed by atoms with Crippen molar-refractivity contribution in [3.63, 3.8) is 0 Å². The number of aromatic amines is 1. The van der Waals surface area contributed by atoms with E-state index in [9.17, 15) is 9.59 Å². The lowest BCUT2D eigenvalue weighted by molar-refractivity contribution is 0.513. The summed E-state index contributed by atoms with van der Waals surface area (Å²) in [5.74, 6) is 1.00. The predicted molar refractivity (Wildman–Crippen MR) is 133 cm³/mol. The molecule has 178 valence electrons. The van der Waals surface area contributed by atoms with Crippen LogP contribution in [0.25, 0.3) is 28.0 Å². The first kappa shape index (κ1) is 22.5. The van der Waals surface area contributed by atoms with Crippen LogP contribution < -0.4 is 11.2 Å². The number of aromatic nitrogens is 8. The molecule has 2 aromatic carbocycles. The van der Waals surface area contributed by atoms with E-state index in [2.05, 4.69) is 20.5 Å². The lowest BCUT2D eigenvalue weighted by atomic mass is 10.0. The Morgan fingerprint density at radius 2 is 1.77 bits per heavy atom. The third-order valence-corrected chi connectivity index (χ3v) is 5.93. The van der Waals surface area contributed by atoms with Crippen LogP contribution in [0, 0.1) is 5.92 Å². The number of benzene rings is 2.